The van der Waals surface area contributed by atoms with Crippen molar-refractivity contribution in [2.45, 2.75) is 26.7 Å². The van der Waals surface area contributed by atoms with Crippen LogP contribution in [0.25, 0.3) is 11.5 Å². The quantitative estimate of drug-likeness (QED) is 0.757. The van der Waals surface area contributed by atoms with Crippen molar-refractivity contribution in [3.8, 4) is 11.5 Å². The van der Waals surface area contributed by atoms with Crippen molar-refractivity contribution in [2.75, 3.05) is 18.1 Å². The number of benzene rings is 1. The predicted molar refractivity (Wildman–Crippen MR) is 91.0 cm³/mol. The molecule has 1 aromatic carbocycles. The monoisotopic (exact) mass is 318 g/mol. The molecule has 0 aliphatic heterocycles. The van der Waals surface area contributed by atoms with Gasteiger partial charge in [0.05, 0.1) is 5.69 Å². The third-order valence-corrected chi connectivity index (χ3v) is 4.13. The summed E-state index contributed by atoms with van der Waals surface area (Å²) in [6.45, 7) is 4.74. The standard InChI is InChI=1S/C17H22N2O2S/c1-3-22-11-9-16(20)18-10-8-15-12-21-17(19-15)14-6-4-13(2)5-7-14/h4-7,12H,3,8-11H2,1-2H3,(H,18,20). The third kappa shape index (κ3) is 5.22. The van der Waals surface area contributed by atoms with E-state index in [2.05, 4.69) is 17.2 Å². The molecule has 0 radical (unpaired) electrons. The lowest BCUT2D eigenvalue weighted by molar-refractivity contribution is -0.120. The highest BCUT2D eigenvalue weighted by atomic mass is 32.2. The Kier molecular flexibility index (Phi) is 6.52. The number of nitrogens with one attached hydrogen (secondary N) is 1. The Labute approximate surface area is 135 Å². The van der Waals surface area contributed by atoms with Gasteiger partial charge in [0.2, 0.25) is 11.8 Å². The van der Waals surface area contributed by atoms with Gasteiger partial charge >= 0.3 is 0 Å². The molecule has 1 N–H and O–H groups in total. The van der Waals surface area contributed by atoms with Crippen LogP contribution in [-0.2, 0) is 11.2 Å². The van der Waals surface area contributed by atoms with Crippen LogP contribution in [0, 0.1) is 6.92 Å². The van der Waals surface area contributed by atoms with Crippen molar-refractivity contribution in [1.29, 1.82) is 0 Å². The van der Waals surface area contributed by atoms with Crippen LogP contribution in [0.5, 0.6) is 0 Å². The highest BCUT2D eigenvalue weighted by Gasteiger charge is 2.07. The first-order valence-corrected chi connectivity index (χ1v) is 8.70. The number of carbonyl (C=O) groups is 1. The first kappa shape index (κ1) is 16.6. The van der Waals surface area contributed by atoms with Gasteiger partial charge in [-0.15, -0.1) is 0 Å². The lowest BCUT2D eigenvalue weighted by Gasteiger charge is -2.02. The lowest BCUT2D eigenvalue weighted by atomic mass is 10.1. The fourth-order valence-electron chi connectivity index (χ4n) is 1.98. The Balaban J connectivity index is 1.78. The van der Waals surface area contributed by atoms with Crippen LogP contribution < -0.4 is 5.32 Å². The molecule has 1 amide bonds. The van der Waals surface area contributed by atoms with Crippen LogP contribution in [0.4, 0.5) is 0 Å². The van der Waals surface area contributed by atoms with E-state index < -0.39 is 0 Å². The van der Waals surface area contributed by atoms with Crippen LogP contribution in [0.15, 0.2) is 34.9 Å². The van der Waals surface area contributed by atoms with Crippen molar-refractivity contribution >= 4 is 17.7 Å². The van der Waals surface area contributed by atoms with Crippen LogP contribution in [-0.4, -0.2) is 28.9 Å². The van der Waals surface area contributed by atoms with E-state index in [0.717, 1.165) is 22.8 Å². The molecule has 0 spiro atoms. The van der Waals surface area contributed by atoms with E-state index in [1.165, 1.54) is 5.56 Å². The number of hydrogen-bond acceptors (Lipinski definition) is 4. The molecule has 0 aliphatic carbocycles. The zero-order chi connectivity index (χ0) is 15.8. The van der Waals surface area contributed by atoms with Gasteiger partial charge in [0.1, 0.15) is 6.26 Å². The second-order valence-electron chi connectivity index (χ2n) is 5.06. The summed E-state index contributed by atoms with van der Waals surface area (Å²) in [5, 5.41) is 2.91. The highest BCUT2D eigenvalue weighted by Crippen LogP contribution is 2.19. The van der Waals surface area contributed by atoms with Crippen molar-refractivity contribution in [2.24, 2.45) is 0 Å². The number of aromatic nitrogens is 1. The van der Waals surface area contributed by atoms with Gasteiger partial charge in [-0.3, -0.25) is 4.79 Å². The summed E-state index contributed by atoms with van der Waals surface area (Å²) in [6, 6.07) is 8.07. The van der Waals surface area contributed by atoms with Gasteiger partial charge in [0.15, 0.2) is 0 Å². The van der Waals surface area contributed by atoms with Crippen molar-refractivity contribution in [1.82, 2.24) is 10.3 Å². The number of nitrogens with zero attached hydrogens (tertiary/aromatic N) is 1. The van der Waals surface area contributed by atoms with Crippen molar-refractivity contribution in [3.63, 3.8) is 0 Å². The molecular weight excluding hydrogens is 296 g/mol. The molecule has 1 aromatic heterocycles. The number of oxazole rings is 1. The maximum absolute atomic E-state index is 11.6. The number of hydrogen-bond donors (Lipinski definition) is 1. The summed E-state index contributed by atoms with van der Waals surface area (Å²) < 4.78 is 5.50. The molecular formula is C17H22N2O2S. The number of aryl methyl sites for hydroxylation is 1. The molecule has 4 nitrogen and oxygen atoms in total. The number of thioether (sulfide) groups is 1. The molecule has 118 valence electrons. The number of carbonyl (C=O) groups excluding carboxylic acids is 1. The second-order valence-corrected chi connectivity index (χ2v) is 6.45. The molecule has 0 saturated heterocycles. The van der Waals surface area contributed by atoms with Gasteiger partial charge in [-0.1, -0.05) is 24.6 Å². The fourth-order valence-corrected chi connectivity index (χ4v) is 2.60. The zero-order valence-corrected chi connectivity index (χ0v) is 13.9. The Hall–Kier alpha value is -1.75. The topological polar surface area (TPSA) is 55.1 Å². The lowest BCUT2D eigenvalue weighted by Crippen LogP contribution is -2.25. The van der Waals surface area contributed by atoms with Gasteiger partial charge in [0.25, 0.3) is 0 Å². The summed E-state index contributed by atoms with van der Waals surface area (Å²) in [5.74, 6) is 2.65. The van der Waals surface area contributed by atoms with E-state index in [-0.39, 0.29) is 5.91 Å². The maximum atomic E-state index is 11.6. The van der Waals surface area contributed by atoms with Crippen LogP contribution >= 0.6 is 11.8 Å². The molecule has 0 aliphatic rings. The first-order chi connectivity index (χ1) is 10.7. The number of amides is 1. The summed E-state index contributed by atoms with van der Waals surface area (Å²) in [7, 11) is 0. The normalized spacial score (nSPS) is 10.6. The average molecular weight is 318 g/mol. The minimum Gasteiger partial charge on any atom is -0.444 e. The molecule has 5 heteroatoms. The third-order valence-electron chi connectivity index (χ3n) is 3.23. The molecule has 0 saturated carbocycles. The first-order valence-electron chi connectivity index (χ1n) is 7.55. The highest BCUT2D eigenvalue weighted by molar-refractivity contribution is 7.99. The minimum absolute atomic E-state index is 0.100. The summed E-state index contributed by atoms with van der Waals surface area (Å²) in [5.41, 5.74) is 3.04. The molecule has 1 heterocycles. The Morgan fingerprint density at radius 1 is 1.32 bits per heavy atom. The van der Waals surface area contributed by atoms with E-state index in [9.17, 15) is 4.79 Å². The summed E-state index contributed by atoms with van der Waals surface area (Å²) >= 11 is 1.78. The van der Waals surface area contributed by atoms with Crippen LogP contribution in [0.3, 0.4) is 0 Å². The van der Waals surface area contributed by atoms with E-state index in [0.29, 0.717) is 25.3 Å². The maximum Gasteiger partial charge on any atom is 0.226 e. The van der Waals surface area contributed by atoms with Crippen molar-refractivity contribution in [3.05, 3.63) is 41.8 Å². The molecule has 0 fully saturated rings. The minimum atomic E-state index is 0.100. The largest absolute Gasteiger partial charge is 0.444 e. The molecule has 0 atom stereocenters. The molecule has 2 rings (SSSR count). The van der Waals surface area contributed by atoms with Gasteiger partial charge < -0.3 is 9.73 Å². The van der Waals surface area contributed by atoms with E-state index >= 15 is 0 Å². The molecule has 0 unspecified atom stereocenters. The van der Waals surface area contributed by atoms with E-state index in [1.54, 1.807) is 18.0 Å². The van der Waals surface area contributed by atoms with Gasteiger partial charge in [-0.2, -0.15) is 11.8 Å². The Bertz CT molecular complexity index is 593. The van der Waals surface area contributed by atoms with Crippen molar-refractivity contribution < 1.29 is 9.21 Å². The van der Waals surface area contributed by atoms with E-state index in [1.807, 2.05) is 31.2 Å². The molecule has 22 heavy (non-hydrogen) atoms. The van der Waals surface area contributed by atoms with Crippen LogP contribution in [0.1, 0.15) is 24.6 Å². The predicted octanol–water partition coefficient (Wildman–Crippen LogP) is 3.45. The van der Waals surface area contributed by atoms with E-state index in [4.69, 9.17) is 4.42 Å². The van der Waals surface area contributed by atoms with Gasteiger partial charge in [-0.05, 0) is 24.8 Å². The molecule has 2 aromatic rings. The molecule has 0 bridgehead atoms. The Morgan fingerprint density at radius 3 is 2.82 bits per heavy atom. The fraction of sp³-hybridized carbons (Fsp3) is 0.412. The zero-order valence-electron chi connectivity index (χ0n) is 13.1. The summed E-state index contributed by atoms with van der Waals surface area (Å²) in [6.07, 6.45) is 2.92. The smallest absolute Gasteiger partial charge is 0.226 e. The number of rotatable bonds is 8. The van der Waals surface area contributed by atoms with Gasteiger partial charge in [0, 0.05) is 30.7 Å². The average Bonchev–Trinajstić information content (AvgIpc) is 2.97. The summed E-state index contributed by atoms with van der Waals surface area (Å²) in [4.78, 5) is 16.1. The second kappa shape index (κ2) is 8.63. The van der Waals surface area contributed by atoms with Crippen LogP contribution in [0.2, 0.25) is 0 Å². The SMILES string of the molecule is CCSCCC(=O)NCCc1coc(-c2ccc(C)cc2)n1. The van der Waals surface area contributed by atoms with Gasteiger partial charge in [-0.25, -0.2) is 4.98 Å². The Morgan fingerprint density at radius 2 is 2.09 bits per heavy atom.